The van der Waals surface area contributed by atoms with E-state index in [0.29, 0.717) is 28.1 Å². The van der Waals surface area contributed by atoms with Gasteiger partial charge in [0.2, 0.25) is 0 Å². The van der Waals surface area contributed by atoms with E-state index in [0.717, 1.165) is 4.90 Å². The van der Waals surface area contributed by atoms with E-state index in [1.54, 1.807) is 108 Å². The number of nitrogens with zero attached hydrogens (tertiary/aromatic N) is 4. The second kappa shape index (κ2) is 20.3. The molecule has 0 N–H and O–H groups in total. The number of para-hydroxylation sites is 1. The van der Waals surface area contributed by atoms with Gasteiger partial charge in [-0.2, -0.15) is 0 Å². The number of benzene rings is 3. The van der Waals surface area contributed by atoms with Crippen LogP contribution in [0.1, 0.15) is 81.7 Å². The Labute approximate surface area is 298 Å². The van der Waals surface area contributed by atoms with Crippen LogP contribution in [0, 0.1) is 0 Å². The smallest absolute Gasteiger partial charge is 0.328 e. The molecule has 0 bridgehead atoms. The summed E-state index contributed by atoms with van der Waals surface area (Å²) in [5, 5.41) is 0. The first-order valence-corrected chi connectivity index (χ1v) is 16.9. The highest BCUT2D eigenvalue weighted by molar-refractivity contribution is 6.11. The van der Waals surface area contributed by atoms with Crippen LogP contribution < -0.4 is 4.74 Å². The number of rotatable bonds is 10. The summed E-state index contributed by atoms with van der Waals surface area (Å²) in [7, 11) is 4.86. The maximum atomic E-state index is 13.3. The molecular formula is C40H54N4O6. The predicted molar refractivity (Wildman–Crippen MR) is 199 cm³/mol. The number of allylic oxidation sites excluding steroid dienone is 1. The van der Waals surface area contributed by atoms with E-state index in [4.69, 9.17) is 4.74 Å². The average molecular weight is 687 g/mol. The van der Waals surface area contributed by atoms with Crippen LogP contribution in [-0.2, 0) is 10.3 Å². The van der Waals surface area contributed by atoms with Crippen molar-refractivity contribution in [3.05, 3.63) is 114 Å². The fraction of sp³-hybridized carbons (Fsp3) is 0.375. The standard InChI is InChI=1S/C22H24N2O4.C14H18N2O2.2C2H6/c1-15(2)28-19-13-9-8-12-17(19)22(3)20(26)24(21(27)23(22)4)14-18(25)16-10-6-5-7-11-16;1-11(2)16(14(18)15(3)4)10-13(17)12-8-6-5-7-9-12;2*1-2/h5-13,15H,14H2,1-4H3;5-9H,1,10H2,2-4H3;2*1-2H3. The van der Waals surface area contributed by atoms with Crippen LogP contribution >= 0.6 is 0 Å². The second-order valence-electron chi connectivity index (χ2n) is 11.5. The van der Waals surface area contributed by atoms with Crippen LogP contribution in [0.2, 0.25) is 0 Å². The molecule has 1 aliphatic heterocycles. The largest absolute Gasteiger partial charge is 0.491 e. The minimum absolute atomic E-state index is 0.0103. The van der Waals surface area contributed by atoms with Crippen LogP contribution in [0.3, 0.4) is 0 Å². The number of hydrogen-bond donors (Lipinski definition) is 0. The Morgan fingerprint density at radius 3 is 1.72 bits per heavy atom. The number of carbonyl (C=O) groups is 5. The van der Waals surface area contributed by atoms with Crippen molar-refractivity contribution in [2.45, 2.75) is 67.0 Å². The number of likely N-dealkylation sites (N-methyl/N-ethyl adjacent to an activating group) is 1. The summed E-state index contributed by atoms with van der Waals surface area (Å²) in [4.78, 5) is 67.8. The zero-order valence-electron chi connectivity index (χ0n) is 31.5. The SMILES string of the molecule is C=C(C)N(CC(=O)c1ccccc1)C(=O)N(C)C.CC.CC.CC(C)Oc1ccccc1C1(C)C(=O)N(CC(=O)c2ccccc2)C(=O)N1C. The summed E-state index contributed by atoms with van der Waals surface area (Å²) in [6, 6.07) is 24.0. The summed E-state index contributed by atoms with van der Waals surface area (Å²) >= 11 is 0. The molecule has 0 radical (unpaired) electrons. The third-order valence-corrected chi connectivity index (χ3v) is 7.49. The average Bonchev–Trinajstić information content (AvgIpc) is 3.28. The number of urea groups is 2. The highest BCUT2D eigenvalue weighted by atomic mass is 16.5. The van der Waals surface area contributed by atoms with Crippen molar-refractivity contribution in [2.24, 2.45) is 0 Å². The van der Waals surface area contributed by atoms with Gasteiger partial charge in [0.05, 0.1) is 19.2 Å². The molecule has 270 valence electrons. The zero-order valence-corrected chi connectivity index (χ0v) is 31.5. The van der Waals surface area contributed by atoms with Crippen molar-refractivity contribution in [2.75, 3.05) is 34.2 Å². The van der Waals surface area contributed by atoms with Crippen molar-refractivity contribution in [3.8, 4) is 5.75 Å². The van der Waals surface area contributed by atoms with Gasteiger partial charge in [-0.1, -0.05) is 113 Å². The van der Waals surface area contributed by atoms with Crippen LogP contribution in [0.5, 0.6) is 5.75 Å². The molecule has 3 aromatic carbocycles. The minimum Gasteiger partial charge on any atom is -0.491 e. The molecule has 10 nitrogen and oxygen atoms in total. The molecule has 50 heavy (non-hydrogen) atoms. The molecule has 0 aliphatic carbocycles. The number of ether oxygens (including phenoxy) is 1. The normalized spacial score (nSPS) is 14.6. The number of carbonyl (C=O) groups excluding carboxylic acids is 5. The van der Waals surface area contributed by atoms with Crippen LogP contribution in [-0.4, -0.2) is 89.5 Å². The van der Waals surface area contributed by atoms with E-state index in [1.165, 1.54) is 14.7 Å². The van der Waals surface area contributed by atoms with Gasteiger partial charge in [-0.15, -0.1) is 0 Å². The minimum atomic E-state index is -1.25. The Morgan fingerprint density at radius 1 is 0.800 bits per heavy atom. The Morgan fingerprint density at radius 2 is 1.26 bits per heavy atom. The number of amides is 5. The summed E-state index contributed by atoms with van der Waals surface area (Å²) in [6.07, 6.45) is -0.0852. The van der Waals surface area contributed by atoms with Crippen molar-refractivity contribution in [1.29, 1.82) is 0 Å². The second-order valence-corrected chi connectivity index (χ2v) is 11.5. The van der Waals surface area contributed by atoms with E-state index in [9.17, 15) is 24.0 Å². The molecule has 0 spiro atoms. The van der Waals surface area contributed by atoms with Crippen LogP contribution in [0.15, 0.2) is 97.2 Å². The molecule has 5 amide bonds. The Kier molecular flexibility index (Phi) is 17.4. The zero-order chi connectivity index (χ0) is 38.2. The molecule has 4 rings (SSSR count). The number of imide groups is 1. The Hall–Kier alpha value is -5.25. The van der Waals surface area contributed by atoms with Gasteiger partial charge in [0.1, 0.15) is 11.3 Å². The monoisotopic (exact) mass is 686 g/mol. The molecule has 1 heterocycles. The molecule has 1 saturated heterocycles. The first-order chi connectivity index (χ1) is 23.7. The predicted octanol–water partition coefficient (Wildman–Crippen LogP) is 7.90. The summed E-state index contributed by atoms with van der Waals surface area (Å²) < 4.78 is 5.86. The third-order valence-electron chi connectivity index (χ3n) is 7.49. The van der Waals surface area contributed by atoms with Gasteiger partial charge in [0.25, 0.3) is 5.91 Å². The number of hydrogen-bond acceptors (Lipinski definition) is 6. The van der Waals surface area contributed by atoms with Crippen molar-refractivity contribution in [1.82, 2.24) is 19.6 Å². The lowest BCUT2D eigenvalue weighted by Gasteiger charge is -2.31. The molecule has 0 aromatic heterocycles. The van der Waals surface area contributed by atoms with E-state index in [1.807, 2.05) is 53.7 Å². The lowest BCUT2D eigenvalue weighted by atomic mass is 9.89. The topological polar surface area (TPSA) is 108 Å². The lowest BCUT2D eigenvalue weighted by Crippen LogP contribution is -2.42. The molecule has 1 atom stereocenters. The molecule has 10 heteroatoms. The molecule has 1 unspecified atom stereocenters. The summed E-state index contributed by atoms with van der Waals surface area (Å²) in [5.41, 5.74) is 0.954. The van der Waals surface area contributed by atoms with Gasteiger partial charge < -0.3 is 14.5 Å². The van der Waals surface area contributed by atoms with Gasteiger partial charge in [0, 0.05) is 43.5 Å². The first kappa shape index (κ1) is 42.8. The van der Waals surface area contributed by atoms with Gasteiger partial charge in [0.15, 0.2) is 11.6 Å². The van der Waals surface area contributed by atoms with E-state index in [2.05, 4.69) is 6.58 Å². The van der Waals surface area contributed by atoms with Gasteiger partial charge in [-0.05, 0) is 33.8 Å². The molecule has 0 saturated carbocycles. The Balaban J connectivity index is 0.000000492. The van der Waals surface area contributed by atoms with Crippen LogP contribution in [0.4, 0.5) is 9.59 Å². The van der Waals surface area contributed by atoms with Gasteiger partial charge in [-0.25, -0.2) is 9.59 Å². The maximum absolute atomic E-state index is 13.3. The van der Waals surface area contributed by atoms with Gasteiger partial charge >= 0.3 is 12.1 Å². The summed E-state index contributed by atoms with van der Waals surface area (Å²) in [5.74, 6) is -0.284. The highest BCUT2D eigenvalue weighted by Crippen LogP contribution is 2.40. The van der Waals surface area contributed by atoms with Crippen LogP contribution in [0.25, 0.3) is 0 Å². The van der Waals surface area contributed by atoms with E-state index >= 15 is 0 Å². The fourth-order valence-electron chi connectivity index (χ4n) is 4.85. The van der Waals surface area contributed by atoms with Gasteiger partial charge in [-0.3, -0.25) is 24.2 Å². The molecule has 1 fully saturated rings. The lowest BCUT2D eigenvalue weighted by molar-refractivity contribution is -0.132. The van der Waals surface area contributed by atoms with E-state index in [-0.39, 0.29) is 36.8 Å². The molecular weight excluding hydrogens is 632 g/mol. The quantitative estimate of drug-likeness (QED) is 0.159. The fourth-order valence-corrected chi connectivity index (χ4v) is 4.85. The maximum Gasteiger partial charge on any atom is 0.328 e. The van der Waals surface area contributed by atoms with Crippen molar-refractivity contribution >= 4 is 29.5 Å². The highest BCUT2D eigenvalue weighted by Gasteiger charge is 2.55. The Bertz CT molecular complexity index is 1590. The van der Waals surface area contributed by atoms with E-state index < -0.39 is 17.5 Å². The molecule has 1 aliphatic rings. The number of ketones is 2. The first-order valence-electron chi connectivity index (χ1n) is 16.9. The van der Waals surface area contributed by atoms with Crippen molar-refractivity contribution in [3.63, 3.8) is 0 Å². The third kappa shape index (κ3) is 10.6. The summed E-state index contributed by atoms with van der Waals surface area (Å²) in [6.45, 7) is 18.6. The molecule has 3 aromatic rings. The van der Waals surface area contributed by atoms with Crippen molar-refractivity contribution < 1.29 is 28.7 Å². The number of Topliss-reactive ketones (excluding diaryl/α,β-unsaturated/α-hetero) is 2.